The zero-order valence-corrected chi connectivity index (χ0v) is 17.6. The molecule has 4 aromatic rings. The minimum Gasteiger partial charge on any atom is -0.336 e. The number of carbonyl (C=O) groups is 1. The Morgan fingerprint density at radius 1 is 1.20 bits per heavy atom. The number of nitrogens with zero attached hydrogens (tertiary/aromatic N) is 6. The van der Waals surface area contributed by atoms with Crippen molar-refractivity contribution in [1.82, 2.24) is 29.7 Å². The Labute approximate surface area is 177 Å². The summed E-state index contributed by atoms with van der Waals surface area (Å²) in [7, 11) is 0. The van der Waals surface area contributed by atoms with Crippen LogP contribution in [0.4, 0.5) is 17.6 Å². The number of aromatic nitrogens is 5. The summed E-state index contributed by atoms with van der Waals surface area (Å²) >= 11 is 1.51. The maximum Gasteiger partial charge on any atom is 0.264 e. The normalized spacial score (nSPS) is 14.5. The van der Waals surface area contributed by atoms with Crippen LogP contribution in [0.15, 0.2) is 35.8 Å². The Kier molecular flexibility index (Phi) is 4.62. The molecule has 5 rings (SSSR count). The number of piperazine rings is 1. The minimum atomic E-state index is 0.103. The summed E-state index contributed by atoms with van der Waals surface area (Å²) < 4.78 is 1.82. The van der Waals surface area contributed by atoms with E-state index in [0.29, 0.717) is 43.8 Å². The summed E-state index contributed by atoms with van der Waals surface area (Å²) in [6, 6.07) is 7.79. The Morgan fingerprint density at radius 3 is 2.73 bits per heavy atom. The smallest absolute Gasteiger partial charge is 0.264 e. The maximum atomic E-state index is 12.7. The van der Waals surface area contributed by atoms with Crippen LogP contribution in [0, 0.1) is 13.8 Å². The van der Waals surface area contributed by atoms with Gasteiger partial charge in [0.2, 0.25) is 5.95 Å². The molecule has 30 heavy (non-hydrogen) atoms. The molecule has 10 heteroatoms. The fourth-order valence-electron chi connectivity index (χ4n) is 3.56. The van der Waals surface area contributed by atoms with Gasteiger partial charge in [0.15, 0.2) is 11.6 Å². The number of hydrogen-bond donors (Lipinski definition) is 2. The molecule has 1 saturated heterocycles. The van der Waals surface area contributed by atoms with E-state index in [1.54, 1.807) is 0 Å². The Bertz CT molecular complexity index is 1200. The molecule has 1 aliphatic rings. The van der Waals surface area contributed by atoms with Crippen LogP contribution in [-0.4, -0.2) is 61.8 Å². The van der Waals surface area contributed by atoms with Crippen LogP contribution >= 0.6 is 11.3 Å². The number of fused-ring (bicyclic) bond motifs is 1. The van der Waals surface area contributed by atoms with E-state index in [1.165, 1.54) is 11.3 Å². The number of rotatable bonds is 4. The van der Waals surface area contributed by atoms with Gasteiger partial charge in [-0.3, -0.25) is 9.89 Å². The van der Waals surface area contributed by atoms with Crippen molar-refractivity contribution in [3.63, 3.8) is 0 Å². The highest BCUT2D eigenvalue weighted by molar-refractivity contribution is 7.12. The van der Waals surface area contributed by atoms with Crippen LogP contribution in [0.1, 0.15) is 20.9 Å². The number of thiophene rings is 1. The molecule has 2 N–H and O–H groups in total. The van der Waals surface area contributed by atoms with Gasteiger partial charge in [-0.2, -0.15) is 10.1 Å². The minimum absolute atomic E-state index is 0.103. The van der Waals surface area contributed by atoms with Crippen molar-refractivity contribution in [3.05, 3.63) is 52.0 Å². The first-order chi connectivity index (χ1) is 14.6. The molecule has 9 nitrogen and oxygen atoms in total. The number of nitrogens with one attached hydrogen (secondary N) is 2. The molecule has 0 saturated carbocycles. The third-order valence-electron chi connectivity index (χ3n) is 5.12. The van der Waals surface area contributed by atoms with E-state index in [1.807, 2.05) is 59.1 Å². The third kappa shape index (κ3) is 3.50. The lowest BCUT2D eigenvalue weighted by Crippen LogP contribution is -2.49. The van der Waals surface area contributed by atoms with Crippen molar-refractivity contribution in [2.75, 3.05) is 36.4 Å². The number of carbonyl (C=O) groups excluding carboxylic acids is 1. The Balaban J connectivity index is 1.35. The van der Waals surface area contributed by atoms with Crippen molar-refractivity contribution in [3.8, 4) is 0 Å². The van der Waals surface area contributed by atoms with Crippen molar-refractivity contribution in [2.24, 2.45) is 0 Å². The second kappa shape index (κ2) is 7.45. The average Bonchev–Trinajstić information content (AvgIpc) is 3.49. The van der Waals surface area contributed by atoms with Crippen LogP contribution in [-0.2, 0) is 0 Å². The third-order valence-corrected chi connectivity index (χ3v) is 6.16. The zero-order valence-electron chi connectivity index (χ0n) is 16.8. The molecule has 0 atom stereocenters. The largest absolute Gasteiger partial charge is 0.336 e. The second-order valence-corrected chi connectivity index (χ2v) is 8.34. The summed E-state index contributed by atoms with van der Waals surface area (Å²) in [4.78, 5) is 22.3. The SMILES string of the molecule is Cc1csc(C(=O)N2CCN(c3nc(Nc4cc(C)[nH]n4)c4cccn4n3)CC2)c1. The monoisotopic (exact) mass is 422 g/mol. The second-order valence-electron chi connectivity index (χ2n) is 7.43. The fourth-order valence-corrected chi connectivity index (χ4v) is 4.43. The molecule has 154 valence electrons. The van der Waals surface area contributed by atoms with Gasteiger partial charge in [0.1, 0.15) is 5.52 Å². The lowest BCUT2D eigenvalue weighted by Gasteiger charge is -2.34. The number of H-pyrrole nitrogens is 1. The highest BCUT2D eigenvalue weighted by atomic mass is 32.1. The molecule has 1 fully saturated rings. The molecule has 0 unspecified atom stereocenters. The van der Waals surface area contributed by atoms with Crippen molar-refractivity contribution in [1.29, 1.82) is 0 Å². The Morgan fingerprint density at radius 2 is 2.03 bits per heavy atom. The number of anilines is 3. The van der Waals surface area contributed by atoms with Gasteiger partial charge < -0.3 is 15.1 Å². The number of aryl methyl sites for hydroxylation is 2. The van der Waals surface area contributed by atoms with E-state index < -0.39 is 0 Å². The summed E-state index contributed by atoms with van der Waals surface area (Å²) in [6.45, 7) is 6.62. The first-order valence-corrected chi connectivity index (χ1v) is 10.7. The molecule has 5 heterocycles. The van der Waals surface area contributed by atoms with Gasteiger partial charge in [0.05, 0.1) is 4.88 Å². The van der Waals surface area contributed by atoms with Crippen molar-refractivity contribution < 1.29 is 4.79 Å². The standard InChI is InChI=1S/C20H22N8OS/c1-13-10-16(30-12-13)19(29)26-6-8-27(9-7-26)20-22-18(15-4-3-5-28(15)25-20)21-17-11-14(2)23-24-17/h3-5,10-12H,6-9H2,1-2H3,(H2,21,22,23,24,25). The van der Waals surface area contributed by atoms with E-state index in [9.17, 15) is 4.79 Å². The summed E-state index contributed by atoms with van der Waals surface area (Å²) in [5.74, 6) is 2.14. The van der Waals surface area contributed by atoms with Gasteiger partial charge in [-0.15, -0.1) is 16.4 Å². The van der Waals surface area contributed by atoms with Crippen LogP contribution in [0.2, 0.25) is 0 Å². The summed E-state index contributed by atoms with van der Waals surface area (Å²) in [5, 5.41) is 17.1. The van der Waals surface area contributed by atoms with Crippen LogP contribution < -0.4 is 10.2 Å². The van der Waals surface area contributed by atoms with E-state index in [4.69, 9.17) is 4.98 Å². The van der Waals surface area contributed by atoms with Gasteiger partial charge in [-0.25, -0.2) is 4.52 Å². The molecular formula is C20H22N8OS. The van der Waals surface area contributed by atoms with Gasteiger partial charge in [-0.1, -0.05) is 0 Å². The first-order valence-electron chi connectivity index (χ1n) is 9.80. The molecule has 0 bridgehead atoms. The Hall–Kier alpha value is -3.40. The molecule has 1 aliphatic heterocycles. The topological polar surface area (TPSA) is 94.5 Å². The van der Waals surface area contributed by atoms with Crippen LogP contribution in [0.25, 0.3) is 5.52 Å². The van der Waals surface area contributed by atoms with Gasteiger partial charge in [0, 0.05) is 44.1 Å². The predicted molar refractivity (Wildman–Crippen MR) is 117 cm³/mol. The molecular weight excluding hydrogens is 400 g/mol. The molecule has 4 aromatic heterocycles. The van der Waals surface area contributed by atoms with E-state index >= 15 is 0 Å². The van der Waals surface area contributed by atoms with E-state index in [-0.39, 0.29) is 5.91 Å². The van der Waals surface area contributed by atoms with E-state index in [0.717, 1.165) is 21.7 Å². The average molecular weight is 423 g/mol. The quantitative estimate of drug-likeness (QED) is 0.525. The predicted octanol–water partition coefficient (Wildman–Crippen LogP) is 2.84. The molecule has 0 aliphatic carbocycles. The number of amides is 1. The zero-order chi connectivity index (χ0) is 20.7. The van der Waals surface area contributed by atoms with Gasteiger partial charge in [0.25, 0.3) is 5.91 Å². The molecule has 0 aromatic carbocycles. The van der Waals surface area contributed by atoms with Crippen LogP contribution in [0.3, 0.4) is 0 Å². The van der Waals surface area contributed by atoms with Gasteiger partial charge >= 0.3 is 0 Å². The number of aromatic amines is 1. The number of hydrogen-bond acceptors (Lipinski definition) is 7. The van der Waals surface area contributed by atoms with Crippen molar-refractivity contribution >= 4 is 40.3 Å². The summed E-state index contributed by atoms with van der Waals surface area (Å²) in [6.07, 6.45) is 1.90. The first kappa shape index (κ1) is 18.6. The highest BCUT2D eigenvalue weighted by Gasteiger charge is 2.25. The van der Waals surface area contributed by atoms with Gasteiger partial charge in [-0.05, 0) is 43.0 Å². The lowest BCUT2D eigenvalue weighted by atomic mass is 10.3. The van der Waals surface area contributed by atoms with Crippen molar-refractivity contribution in [2.45, 2.75) is 13.8 Å². The lowest BCUT2D eigenvalue weighted by molar-refractivity contribution is 0.0751. The fraction of sp³-hybridized carbons (Fsp3) is 0.300. The molecule has 0 radical (unpaired) electrons. The molecule has 1 amide bonds. The highest BCUT2D eigenvalue weighted by Crippen LogP contribution is 2.23. The van der Waals surface area contributed by atoms with Crippen LogP contribution in [0.5, 0.6) is 0 Å². The maximum absolute atomic E-state index is 12.7. The molecule has 0 spiro atoms. The summed E-state index contributed by atoms with van der Waals surface area (Å²) in [5.41, 5.74) is 2.98. The van der Waals surface area contributed by atoms with E-state index in [2.05, 4.69) is 25.5 Å².